The van der Waals surface area contributed by atoms with Crippen LogP contribution in [0.3, 0.4) is 0 Å². The summed E-state index contributed by atoms with van der Waals surface area (Å²) in [5, 5.41) is 2.59. The molecule has 0 aliphatic carbocycles. The highest BCUT2D eigenvalue weighted by Gasteiger charge is 2.50. The lowest BCUT2D eigenvalue weighted by atomic mass is 9.99. The molecule has 1 unspecified atom stereocenters. The number of alkyl halides is 1. The molecule has 0 spiro atoms. The summed E-state index contributed by atoms with van der Waals surface area (Å²) in [7, 11) is 0. The molecule has 1 aliphatic heterocycles. The summed E-state index contributed by atoms with van der Waals surface area (Å²) in [5.74, 6) is 0.645. The third kappa shape index (κ3) is 1.87. The zero-order valence-corrected chi connectivity index (χ0v) is 10.3. The lowest BCUT2D eigenvalue weighted by molar-refractivity contribution is -0.131. The van der Waals surface area contributed by atoms with Crippen LogP contribution >= 0.6 is 0 Å². The van der Waals surface area contributed by atoms with Crippen molar-refractivity contribution in [3.05, 3.63) is 23.7 Å². The highest BCUT2D eigenvalue weighted by Crippen LogP contribution is 2.30. The minimum atomic E-state index is -1.19. The average molecular weight is 254 g/mol. The Hall–Kier alpha value is -1.85. The highest BCUT2D eigenvalue weighted by atomic mass is 19.1. The predicted molar refractivity (Wildman–Crippen MR) is 61.6 cm³/mol. The molecule has 2 heterocycles. The minimum absolute atomic E-state index is 0.0798. The molecule has 18 heavy (non-hydrogen) atoms. The van der Waals surface area contributed by atoms with Crippen LogP contribution in [-0.4, -0.2) is 30.1 Å². The van der Waals surface area contributed by atoms with Gasteiger partial charge in [-0.3, -0.25) is 14.1 Å². The second kappa shape index (κ2) is 4.44. The molecule has 2 rings (SSSR count). The van der Waals surface area contributed by atoms with Gasteiger partial charge in [0, 0.05) is 6.54 Å². The molecule has 0 radical (unpaired) electrons. The Morgan fingerprint density at radius 1 is 1.44 bits per heavy atom. The van der Waals surface area contributed by atoms with E-state index >= 15 is 0 Å². The Morgan fingerprint density at radius 2 is 2.17 bits per heavy atom. The molecule has 5 nitrogen and oxygen atoms in total. The number of furan rings is 1. The van der Waals surface area contributed by atoms with E-state index in [1.54, 1.807) is 26.0 Å². The van der Waals surface area contributed by atoms with Gasteiger partial charge in [0.15, 0.2) is 5.54 Å². The maximum atomic E-state index is 12.2. The summed E-state index contributed by atoms with van der Waals surface area (Å²) in [5.41, 5.74) is -1.19. The number of nitrogens with one attached hydrogen (secondary N) is 1. The van der Waals surface area contributed by atoms with Crippen molar-refractivity contribution in [1.82, 2.24) is 10.2 Å². The van der Waals surface area contributed by atoms with Gasteiger partial charge in [-0.1, -0.05) is 0 Å². The van der Waals surface area contributed by atoms with E-state index in [2.05, 4.69) is 5.32 Å². The normalized spacial score (nSPS) is 23.6. The van der Waals surface area contributed by atoms with Gasteiger partial charge in [0.1, 0.15) is 11.5 Å². The molecule has 6 heteroatoms. The maximum absolute atomic E-state index is 12.2. The number of amides is 3. The van der Waals surface area contributed by atoms with Crippen molar-refractivity contribution in [1.29, 1.82) is 0 Å². The summed E-state index contributed by atoms with van der Waals surface area (Å²) >= 11 is 0. The first kappa shape index (κ1) is 12.6. The first-order valence-electron chi connectivity index (χ1n) is 5.76. The first-order valence-corrected chi connectivity index (χ1v) is 5.76. The van der Waals surface area contributed by atoms with Crippen molar-refractivity contribution in [2.24, 2.45) is 0 Å². The zero-order chi connectivity index (χ0) is 13.3. The Balaban J connectivity index is 2.25. The molecule has 1 fully saturated rings. The van der Waals surface area contributed by atoms with Crippen molar-refractivity contribution in [3.63, 3.8) is 0 Å². The van der Waals surface area contributed by atoms with E-state index in [4.69, 9.17) is 4.42 Å². The molecular formula is C12H15FN2O3. The standard InChI is InChI=1S/C12H15FN2O3/c1-8-4-5-9(18-8)12(2)10(16)15(7-3-6-13)11(17)14-12/h4-5H,3,6-7H2,1-2H3,(H,14,17). The lowest BCUT2D eigenvalue weighted by Crippen LogP contribution is -2.40. The number of hydrogen-bond donors (Lipinski definition) is 1. The van der Waals surface area contributed by atoms with Crippen LogP contribution in [0.15, 0.2) is 16.5 Å². The Kier molecular flexibility index (Phi) is 3.11. The number of aryl methyl sites for hydroxylation is 1. The summed E-state index contributed by atoms with van der Waals surface area (Å²) in [6.45, 7) is 2.86. The Bertz CT molecular complexity index is 485. The molecule has 1 aromatic heterocycles. The van der Waals surface area contributed by atoms with Crippen LogP contribution in [0, 0.1) is 6.92 Å². The quantitative estimate of drug-likeness (QED) is 0.832. The molecule has 1 atom stereocenters. The van der Waals surface area contributed by atoms with E-state index in [1.165, 1.54) is 0 Å². The second-order valence-electron chi connectivity index (χ2n) is 4.46. The lowest BCUT2D eigenvalue weighted by Gasteiger charge is -2.18. The van der Waals surface area contributed by atoms with Gasteiger partial charge in [-0.25, -0.2) is 4.79 Å². The average Bonchev–Trinajstić information content (AvgIpc) is 2.83. The summed E-state index contributed by atoms with van der Waals surface area (Å²) in [6, 6.07) is 2.88. The van der Waals surface area contributed by atoms with Crippen LogP contribution < -0.4 is 5.32 Å². The number of hydrogen-bond acceptors (Lipinski definition) is 3. The van der Waals surface area contributed by atoms with E-state index in [-0.39, 0.29) is 13.0 Å². The molecular weight excluding hydrogens is 239 g/mol. The number of imide groups is 1. The van der Waals surface area contributed by atoms with Gasteiger partial charge in [-0.05, 0) is 32.4 Å². The maximum Gasteiger partial charge on any atom is 0.325 e. The van der Waals surface area contributed by atoms with Gasteiger partial charge < -0.3 is 9.73 Å². The molecule has 0 bridgehead atoms. The van der Waals surface area contributed by atoms with E-state index in [0.717, 1.165) is 4.90 Å². The molecule has 1 aromatic rings. The molecule has 1 saturated heterocycles. The summed E-state index contributed by atoms with van der Waals surface area (Å²) in [4.78, 5) is 25.0. The van der Waals surface area contributed by atoms with Gasteiger partial charge in [-0.2, -0.15) is 0 Å². The van der Waals surface area contributed by atoms with E-state index < -0.39 is 24.2 Å². The largest absolute Gasteiger partial charge is 0.463 e. The van der Waals surface area contributed by atoms with Crippen LogP contribution in [0.25, 0.3) is 0 Å². The third-order valence-electron chi connectivity index (χ3n) is 3.02. The SMILES string of the molecule is Cc1ccc(C2(C)NC(=O)N(CCCF)C2=O)o1. The van der Waals surface area contributed by atoms with Gasteiger partial charge >= 0.3 is 6.03 Å². The van der Waals surface area contributed by atoms with Gasteiger partial charge in [0.2, 0.25) is 0 Å². The number of carbonyl (C=O) groups excluding carboxylic acids is 2. The number of carbonyl (C=O) groups is 2. The fourth-order valence-electron chi connectivity index (χ4n) is 1.99. The molecule has 98 valence electrons. The van der Waals surface area contributed by atoms with Crippen LogP contribution in [0.2, 0.25) is 0 Å². The van der Waals surface area contributed by atoms with Gasteiger partial charge in [0.05, 0.1) is 6.67 Å². The van der Waals surface area contributed by atoms with E-state index in [9.17, 15) is 14.0 Å². The number of halogens is 1. The van der Waals surface area contributed by atoms with Crippen molar-refractivity contribution < 1.29 is 18.4 Å². The van der Waals surface area contributed by atoms with Crippen LogP contribution in [-0.2, 0) is 10.3 Å². The molecule has 0 aromatic carbocycles. The summed E-state index contributed by atoms with van der Waals surface area (Å²) in [6.07, 6.45) is 0.145. The van der Waals surface area contributed by atoms with Crippen LogP contribution in [0.1, 0.15) is 24.9 Å². The van der Waals surface area contributed by atoms with Crippen LogP contribution in [0.4, 0.5) is 9.18 Å². The van der Waals surface area contributed by atoms with E-state index in [1.807, 2.05) is 0 Å². The summed E-state index contributed by atoms with van der Waals surface area (Å²) < 4.78 is 17.5. The Labute approximate surface area is 104 Å². The number of nitrogens with zero attached hydrogens (tertiary/aromatic N) is 1. The topological polar surface area (TPSA) is 62.6 Å². The second-order valence-corrected chi connectivity index (χ2v) is 4.46. The van der Waals surface area contributed by atoms with Gasteiger partial charge in [-0.15, -0.1) is 0 Å². The third-order valence-corrected chi connectivity index (χ3v) is 3.02. The molecule has 0 saturated carbocycles. The van der Waals surface area contributed by atoms with Gasteiger partial charge in [0.25, 0.3) is 5.91 Å². The minimum Gasteiger partial charge on any atom is -0.463 e. The fourth-order valence-corrected chi connectivity index (χ4v) is 1.99. The molecule has 1 N–H and O–H groups in total. The van der Waals surface area contributed by atoms with E-state index in [0.29, 0.717) is 11.5 Å². The van der Waals surface area contributed by atoms with Crippen molar-refractivity contribution in [2.45, 2.75) is 25.8 Å². The molecule has 3 amide bonds. The zero-order valence-electron chi connectivity index (χ0n) is 10.3. The highest BCUT2D eigenvalue weighted by molar-refractivity contribution is 6.06. The monoisotopic (exact) mass is 254 g/mol. The smallest absolute Gasteiger partial charge is 0.325 e. The predicted octanol–water partition coefficient (Wildman–Crippen LogP) is 1.71. The van der Waals surface area contributed by atoms with Crippen LogP contribution in [0.5, 0.6) is 0 Å². The van der Waals surface area contributed by atoms with Crippen molar-refractivity contribution in [3.8, 4) is 0 Å². The molecule has 1 aliphatic rings. The van der Waals surface area contributed by atoms with Crippen molar-refractivity contribution in [2.75, 3.05) is 13.2 Å². The Morgan fingerprint density at radius 3 is 2.72 bits per heavy atom. The fraction of sp³-hybridized carbons (Fsp3) is 0.500. The number of rotatable bonds is 4. The number of urea groups is 1. The first-order chi connectivity index (χ1) is 8.49. The van der Waals surface area contributed by atoms with Crippen molar-refractivity contribution >= 4 is 11.9 Å².